The van der Waals surface area contributed by atoms with Crippen molar-refractivity contribution < 1.29 is 0 Å². The van der Waals surface area contributed by atoms with Crippen LogP contribution in [-0.4, -0.2) is 5.71 Å². The highest BCUT2D eigenvalue weighted by Crippen LogP contribution is 2.03. The van der Waals surface area contributed by atoms with Crippen LogP contribution in [0, 0.1) is 5.92 Å². The third-order valence-electron chi connectivity index (χ3n) is 1.75. The lowest BCUT2D eigenvalue weighted by Gasteiger charge is -2.05. The van der Waals surface area contributed by atoms with Gasteiger partial charge in [0, 0.05) is 11.9 Å². The molecule has 0 aliphatic carbocycles. The van der Waals surface area contributed by atoms with Crippen LogP contribution < -0.4 is 0 Å². The SMILES string of the molecule is C/C=C\N=C(C)C(C)CC. The number of rotatable bonds is 3. The summed E-state index contributed by atoms with van der Waals surface area (Å²) in [6.45, 7) is 8.43. The first-order valence-corrected chi connectivity index (χ1v) is 3.87. The zero-order valence-electron chi connectivity index (χ0n) is 7.39. The summed E-state index contributed by atoms with van der Waals surface area (Å²) >= 11 is 0. The van der Waals surface area contributed by atoms with Crippen molar-refractivity contribution in [1.29, 1.82) is 0 Å². The molecule has 0 aliphatic heterocycles. The van der Waals surface area contributed by atoms with Gasteiger partial charge in [0.05, 0.1) is 0 Å². The topological polar surface area (TPSA) is 12.4 Å². The lowest BCUT2D eigenvalue weighted by atomic mass is 10.0. The Hall–Kier alpha value is -0.590. The number of hydrogen-bond acceptors (Lipinski definition) is 1. The van der Waals surface area contributed by atoms with Crippen LogP contribution in [0.4, 0.5) is 0 Å². The first-order valence-electron chi connectivity index (χ1n) is 3.87. The van der Waals surface area contributed by atoms with Crippen molar-refractivity contribution in [3.63, 3.8) is 0 Å². The van der Waals surface area contributed by atoms with Gasteiger partial charge in [-0.15, -0.1) is 0 Å². The predicted molar refractivity (Wildman–Crippen MR) is 47.4 cm³/mol. The van der Waals surface area contributed by atoms with Crippen LogP contribution in [0.25, 0.3) is 0 Å². The van der Waals surface area contributed by atoms with E-state index in [-0.39, 0.29) is 0 Å². The van der Waals surface area contributed by atoms with Gasteiger partial charge in [-0.3, -0.25) is 4.99 Å². The van der Waals surface area contributed by atoms with E-state index in [9.17, 15) is 0 Å². The smallest absolute Gasteiger partial charge is 0.0224 e. The van der Waals surface area contributed by atoms with Gasteiger partial charge in [-0.25, -0.2) is 0 Å². The molecule has 1 atom stereocenters. The lowest BCUT2D eigenvalue weighted by molar-refractivity contribution is 0.736. The van der Waals surface area contributed by atoms with Crippen LogP contribution >= 0.6 is 0 Å². The molecule has 0 radical (unpaired) electrons. The zero-order valence-corrected chi connectivity index (χ0v) is 7.39. The molecule has 0 N–H and O–H groups in total. The summed E-state index contributed by atoms with van der Waals surface area (Å²) in [5.74, 6) is 0.621. The normalized spacial score (nSPS) is 16.2. The monoisotopic (exact) mass is 139 g/mol. The maximum Gasteiger partial charge on any atom is 0.0224 e. The van der Waals surface area contributed by atoms with Gasteiger partial charge >= 0.3 is 0 Å². The fourth-order valence-electron chi connectivity index (χ4n) is 0.615. The Balaban J connectivity index is 3.91. The maximum atomic E-state index is 4.25. The molecule has 1 unspecified atom stereocenters. The summed E-state index contributed by atoms with van der Waals surface area (Å²) in [5.41, 5.74) is 1.22. The summed E-state index contributed by atoms with van der Waals surface area (Å²) < 4.78 is 0. The van der Waals surface area contributed by atoms with Gasteiger partial charge in [0.15, 0.2) is 0 Å². The third-order valence-corrected chi connectivity index (χ3v) is 1.75. The molecule has 0 bridgehead atoms. The summed E-state index contributed by atoms with van der Waals surface area (Å²) in [5, 5.41) is 0. The minimum Gasteiger partial charge on any atom is -0.266 e. The van der Waals surface area contributed by atoms with Crippen molar-refractivity contribution in [2.75, 3.05) is 0 Å². The van der Waals surface area contributed by atoms with E-state index >= 15 is 0 Å². The van der Waals surface area contributed by atoms with Crippen LogP contribution in [0.2, 0.25) is 0 Å². The average molecular weight is 139 g/mol. The molecule has 0 fully saturated rings. The number of aliphatic imine (C=N–C) groups is 1. The molecule has 0 rings (SSSR count). The second kappa shape index (κ2) is 5.21. The van der Waals surface area contributed by atoms with Crippen LogP contribution in [-0.2, 0) is 0 Å². The van der Waals surface area contributed by atoms with E-state index in [2.05, 4.69) is 25.8 Å². The van der Waals surface area contributed by atoms with Crippen LogP contribution in [0.1, 0.15) is 34.1 Å². The van der Waals surface area contributed by atoms with Gasteiger partial charge in [-0.2, -0.15) is 0 Å². The molecule has 1 heteroatoms. The largest absolute Gasteiger partial charge is 0.266 e. The van der Waals surface area contributed by atoms with E-state index in [0.29, 0.717) is 5.92 Å². The van der Waals surface area contributed by atoms with E-state index in [1.807, 2.05) is 19.2 Å². The van der Waals surface area contributed by atoms with Crippen molar-refractivity contribution in [1.82, 2.24) is 0 Å². The highest BCUT2D eigenvalue weighted by molar-refractivity contribution is 5.84. The highest BCUT2D eigenvalue weighted by atomic mass is 14.7. The maximum absolute atomic E-state index is 4.25. The average Bonchev–Trinajstić information content (AvgIpc) is 1.98. The minimum atomic E-state index is 0.621. The molecule has 0 amide bonds. The van der Waals surface area contributed by atoms with E-state index in [1.165, 1.54) is 12.1 Å². The van der Waals surface area contributed by atoms with E-state index in [1.54, 1.807) is 0 Å². The molecule has 0 aromatic rings. The number of hydrogen-bond donors (Lipinski definition) is 0. The van der Waals surface area contributed by atoms with Gasteiger partial charge in [-0.05, 0) is 26.2 Å². The molecular formula is C9H17N. The van der Waals surface area contributed by atoms with Crippen molar-refractivity contribution in [3.05, 3.63) is 12.3 Å². The molecule has 58 valence electrons. The summed E-state index contributed by atoms with van der Waals surface area (Å²) in [6.07, 6.45) is 4.97. The summed E-state index contributed by atoms with van der Waals surface area (Å²) in [7, 11) is 0. The Morgan fingerprint density at radius 1 is 1.60 bits per heavy atom. The fraction of sp³-hybridized carbons (Fsp3) is 0.667. The van der Waals surface area contributed by atoms with Gasteiger partial charge in [-0.1, -0.05) is 19.9 Å². The predicted octanol–water partition coefficient (Wildman–Crippen LogP) is 3.03. The first-order chi connectivity index (χ1) is 4.72. The molecule has 0 aromatic carbocycles. The van der Waals surface area contributed by atoms with Crippen molar-refractivity contribution in [2.45, 2.75) is 34.1 Å². The van der Waals surface area contributed by atoms with E-state index < -0.39 is 0 Å². The first kappa shape index (κ1) is 9.41. The molecule has 0 saturated heterocycles. The molecule has 0 aromatic heterocycles. The highest BCUT2D eigenvalue weighted by Gasteiger charge is 1.99. The summed E-state index contributed by atoms with van der Waals surface area (Å²) in [4.78, 5) is 4.25. The molecule has 0 heterocycles. The molecule has 0 spiro atoms. The number of nitrogens with zero attached hydrogens (tertiary/aromatic N) is 1. The Morgan fingerprint density at radius 2 is 2.20 bits per heavy atom. The van der Waals surface area contributed by atoms with Crippen LogP contribution in [0.5, 0.6) is 0 Å². The second-order valence-corrected chi connectivity index (χ2v) is 2.56. The number of allylic oxidation sites excluding steroid dienone is 1. The molecule has 10 heavy (non-hydrogen) atoms. The molecule has 0 saturated carbocycles. The van der Waals surface area contributed by atoms with Crippen LogP contribution in [0.15, 0.2) is 17.3 Å². The Labute approximate surface area is 63.9 Å². The Kier molecular flexibility index (Phi) is 4.91. The van der Waals surface area contributed by atoms with Crippen molar-refractivity contribution >= 4 is 5.71 Å². The third kappa shape index (κ3) is 3.44. The fourth-order valence-corrected chi connectivity index (χ4v) is 0.615. The van der Waals surface area contributed by atoms with Gasteiger partial charge in [0.2, 0.25) is 0 Å². The summed E-state index contributed by atoms with van der Waals surface area (Å²) in [6, 6.07) is 0. The minimum absolute atomic E-state index is 0.621. The van der Waals surface area contributed by atoms with E-state index in [0.717, 1.165) is 0 Å². The van der Waals surface area contributed by atoms with Crippen molar-refractivity contribution in [3.8, 4) is 0 Å². The quantitative estimate of drug-likeness (QED) is 0.533. The second-order valence-electron chi connectivity index (χ2n) is 2.56. The standard InChI is InChI=1S/C9H17N/c1-5-7-10-9(4)8(3)6-2/h5,7-8H,6H2,1-4H3/b7-5-,10-9?. The molecule has 1 nitrogen and oxygen atoms in total. The Morgan fingerprint density at radius 3 is 2.60 bits per heavy atom. The Bertz CT molecular complexity index is 134. The van der Waals surface area contributed by atoms with E-state index in [4.69, 9.17) is 0 Å². The lowest BCUT2D eigenvalue weighted by Crippen LogP contribution is -2.03. The van der Waals surface area contributed by atoms with Gasteiger partial charge in [0.1, 0.15) is 0 Å². The molecular weight excluding hydrogens is 122 g/mol. The van der Waals surface area contributed by atoms with Gasteiger partial charge in [0.25, 0.3) is 0 Å². The zero-order chi connectivity index (χ0) is 7.98. The molecule has 0 aliphatic rings. The van der Waals surface area contributed by atoms with Crippen molar-refractivity contribution in [2.24, 2.45) is 10.9 Å². The van der Waals surface area contributed by atoms with Crippen LogP contribution in [0.3, 0.4) is 0 Å². The van der Waals surface area contributed by atoms with Gasteiger partial charge < -0.3 is 0 Å².